The van der Waals surface area contributed by atoms with Crippen LogP contribution in [0.15, 0.2) is 30.3 Å². The molecule has 122 valence electrons. The first-order chi connectivity index (χ1) is 10.9. The molecular formula is C18H21IN2O2. The summed E-state index contributed by atoms with van der Waals surface area (Å²) >= 11 is 2.26. The average Bonchev–Trinajstić information content (AvgIpc) is 2.51. The number of halogens is 1. The number of aryl methyl sites for hydroxylation is 3. The van der Waals surface area contributed by atoms with E-state index in [-0.39, 0.29) is 6.03 Å². The van der Waals surface area contributed by atoms with E-state index in [1.165, 1.54) is 11.1 Å². The standard InChI is InChI=1S/C18H21IN2O2/c1-11-8-13(3)17(9-12(11)2)23-10-14-15(19)6-5-7-16(14)21-18(22)20-4/h5-9H,10H2,1-4H3,(H2,20,21,22). The van der Waals surface area contributed by atoms with Gasteiger partial charge in [0.25, 0.3) is 0 Å². The molecule has 0 radical (unpaired) electrons. The second-order valence-electron chi connectivity index (χ2n) is 5.46. The van der Waals surface area contributed by atoms with Crippen LogP contribution in [0, 0.1) is 24.3 Å². The number of carbonyl (C=O) groups is 1. The average molecular weight is 424 g/mol. The molecule has 2 rings (SSSR count). The summed E-state index contributed by atoms with van der Waals surface area (Å²) in [5, 5.41) is 5.40. The maximum absolute atomic E-state index is 11.6. The summed E-state index contributed by atoms with van der Waals surface area (Å²) in [6, 6.07) is 9.75. The first-order valence-corrected chi connectivity index (χ1v) is 8.47. The second kappa shape index (κ2) is 7.68. The highest BCUT2D eigenvalue weighted by atomic mass is 127. The predicted molar refractivity (Wildman–Crippen MR) is 102 cm³/mol. The van der Waals surface area contributed by atoms with Crippen molar-refractivity contribution < 1.29 is 9.53 Å². The third-order valence-electron chi connectivity index (χ3n) is 3.76. The molecule has 0 fully saturated rings. The van der Waals surface area contributed by atoms with Gasteiger partial charge in [-0.3, -0.25) is 0 Å². The quantitative estimate of drug-likeness (QED) is 0.708. The predicted octanol–water partition coefficient (Wildman–Crippen LogP) is 4.55. The van der Waals surface area contributed by atoms with E-state index >= 15 is 0 Å². The Kier molecular flexibility index (Phi) is 5.87. The van der Waals surface area contributed by atoms with Gasteiger partial charge in [0.05, 0.1) is 5.69 Å². The van der Waals surface area contributed by atoms with Crippen molar-refractivity contribution in [1.82, 2.24) is 5.32 Å². The molecule has 0 aliphatic carbocycles. The van der Waals surface area contributed by atoms with Crippen molar-refractivity contribution in [3.63, 3.8) is 0 Å². The number of hydrogen-bond acceptors (Lipinski definition) is 2. The Balaban J connectivity index is 2.23. The molecule has 0 aliphatic rings. The van der Waals surface area contributed by atoms with Crippen LogP contribution in [-0.4, -0.2) is 13.1 Å². The molecule has 0 saturated heterocycles. The first kappa shape index (κ1) is 17.6. The summed E-state index contributed by atoms with van der Waals surface area (Å²) in [6.45, 7) is 6.62. The number of amides is 2. The smallest absolute Gasteiger partial charge is 0.318 e. The highest BCUT2D eigenvalue weighted by Crippen LogP contribution is 2.27. The molecule has 5 heteroatoms. The van der Waals surface area contributed by atoms with Crippen molar-refractivity contribution in [2.45, 2.75) is 27.4 Å². The molecule has 2 N–H and O–H groups in total. The second-order valence-corrected chi connectivity index (χ2v) is 6.62. The van der Waals surface area contributed by atoms with Gasteiger partial charge in [0.15, 0.2) is 0 Å². The van der Waals surface area contributed by atoms with Crippen molar-refractivity contribution in [3.05, 3.63) is 56.2 Å². The first-order valence-electron chi connectivity index (χ1n) is 7.39. The number of carbonyl (C=O) groups excluding carboxylic acids is 1. The number of anilines is 1. The van der Waals surface area contributed by atoms with Gasteiger partial charge in [-0.2, -0.15) is 0 Å². The molecule has 23 heavy (non-hydrogen) atoms. The van der Waals surface area contributed by atoms with Crippen molar-refractivity contribution >= 4 is 34.3 Å². The number of hydrogen-bond donors (Lipinski definition) is 2. The number of nitrogens with one attached hydrogen (secondary N) is 2. The van der Waals surface area contributed by atoms with Crippen LogP contribution in [0.1, 0.15) is 22.3 Å². The van der Waals surface area contributed by atoms with Crippen molar-refractivity contribution in [3.8, 4) is 5.75 Å². The molecule has 4 nitrogen and oxygen atoms in total. The molecule has 0 spiro atoms. The maximum atomic E-state index is 11.6. The van der Waals surface area contributed by atoms with E-state index in [0.717, 1.165) is 26.1 Å². The molecule has 0 saturated carbocycles. The molecular weight excluding hydrogens is 403 g/mol. The third-order valence-corrected chi connectivity index (χ3v) is 4.77. The Labute approximate surface area is 150 Å². The highest BCUT2D eigenvalue weighted by Gasteiger charge is 2.11. The molecule has 2 amide bonds. The molecule has 2 aromatic rings. The summed E-state index contributed by atoms with van der Waals surface area (Å²) in [5.41, 5.74) is 5.30. The Morgan fingerprint density at radius 3 is 2.52 bits per heavy atom. The van der Waals surface area contributed by atoms with Crippen LogP contribution in [-0.2, 0) is 6.61 Å². The van der Waals surface area contributed by atoms with E-state index in [4.69, 9.17) is 4.74 Å². The van der Waals surface area contributed by atoms with Crippen LogP contribution in [0.3, 0.4) is 0 Å². The lowest BCUT2D eigenvalue weighted by Gasteiger charge is -2.16. The molecule has 0 bridgehead atoms. The SMILES string of the molecule is CNC(=O)Nc1cccc(I)c1COc1cc(C)c(C)cc1C. The van der Waals surface area contributed by atoms with Crippen LogP contribution in [0.25, 0.3) is 0 Å². The van der Waals surface area contributed by atoms with Crippen molar-refractivity contribution in [2.24, 2.45) is 0 Å². The topological polar surface area (TPSA) is 50.4 Å². The van der Waals surface area contributed by atoms with Gasteiger partial charge in [-0.1, -0.05) is 12.1 Å². The fourth-order valence-corrected chi connectivity index (χ4v) is 2.90. The monoisotopic (exact) mass is 424 g/mol. The van der Waals surface area contributed by atoms with Crippen LogP contribution < -0.4 is 15.4 Å². The van der Waals surface area contributed by atoms with E-state index in [1.54, 1.807) is 7.05 Å². The Morgan fingerprint density at radius 1 is 1.13 bits per heavy atom. The van der Waals surface area contributed by atoms with Crippen molar-refractivity contribution in [2.75, 3.05) is 12.4 Å². The Morgan fingerprint density at radius 2 is 1.83 bits per heavy atom. The fourth-order valence-electron chi connectivity index (χ4n) is 2.25. The summed E-state index contributed by atoms with van der Waals surface area (Å²) in [4.78, 5) is 11.6. The normalized spacial score (nSPS) is 10.3. The molecule has 0 unspecified atom stereocenters. The van der Waals surface area contributed by atoms with Crippen LogP contribution in [0.4, 0.5) is 10.5 Å². The molecule has 0 heterocycles. The summed E-state index contributed by atoms with van der Waals surface area (Å²) in [6.07, 6.45) is 0. The van der Waals surface area contributed by atoms with Gasteiger partial charge in [0.1, 0.15) is 12.4 Å². The zero-order chi connectivity index (χ0) is 17.0. The summed E-state index contributed by atoms with van der Waals surface area (Å²) < 4.78 is 7.07. The van der Waals surface area contributed by atoms with Gasteiger partial charge in [-0.15, -0.1) is 0 Å². The highest BCUT2D eigenvalue weighted by molar-refractivity contribution is 14.1. The van der Waals surface area contributed by atoms with E-state index < -0.39 is 0 Å². The van der Waals surface area contributed by atoms with Gasteiger partial charge < -0.3 is 15.4 Å². The molecule has 2 aromatic carbocycles. The van der Waals surface area contributed by atoms with E-state index in [1.807, 2.05) is 25.1 Å². The number of benzene rings is 2. The molecule has 0 aliphatic heterocycles. The molecule has 0 aromatic heterocycles. The van der Waals surface area contributed by atoms with Gasteiger partial charge in [0, 0.05) is 16.2 Å². The van der Waals surface area contributed by atoms with Gasteiger partial charge in [-0.05, 0) is 78.3 Å². The van der Waals surface area contributed by atoms with E-state index in [0.29, 0.717) is 6.61 Å². The Bertz CT molecular complexity index is 729. The van der Waals surface area contributed by atoms with Crippen molar-refractivity contribution in [1.29, 1.82) is 0 Å². The maximum Gasteiger partial charge on any atom is 0.318 e. The zero-order valence-corrected chi connectivity index (χ0v) is 15.9. The Hall–Kier alpha value is -1.76. The third kappa shape index (κ3) is 4.37. The van der Waals surface area contributed by atoms with E-state index in [2.05, 4.69) is 59.2 Å². The van der Waals surface area contributed by atoms with Crippen LogP contribution >= 0.6 is 22.6 Å². The lowest BCUT2D eigenvalue weighted by Crippen LogP contribution is -2.25. The fraction of sp³-hybridized carbons (Fsp3) is 0.278. The molecule has 0 atom stereocenters. The van der Waals surface area contributed by atoms with Gasteiger partial charge in [0.2, 0.25) is 0 Å². The lowest BCUT2D eigenvalue weighted by molar-refractivity contribution is 0.254. The lowest BCUT2D eigenvalue weighted by atomic mass is 10.1. The summed E-state index contributed by atoms with van der Waals surface area (Å²) in [7, 11) is 1.60. The minimum Gasteiger partial charge on any atom is -0.489 e. The largest absolute Gasteiger partial charge is 0.489 e. The zero-order valence-electron chi connectivity index (χ0n) is 13.8. The minimum atomic E-state index is -0.240. The number of ether oxygens (including phenoxy) is 1. The minimum absolute atomic E-state index is 0.240. The number of urea groups is 1. The van der Waals surface area contributed by atoms with Gasteiger partial charge in [-0.25, -0.2) is 4.79 Å². The van der Waals surface area contributed by atoms with Crippen LogP contribution in [0.5, 0.6) is 5.75 Å². The van der Waals surface area contributed by atoms with Crippen LogP contribution in [0.2, 0.25) is 0 Å². The number of rotatable bonds is 4. The van der Waals surface area contributed by atoms with E-state index in [9.17, 15) is 4.79 Å². The van der Waals surface area contributed by atoms with Gasteiger partial charge >= 0.3 is 6.03 Å². The summed E-state index contributed by atoms with van der Waals surface area (Å²) in [5.74, 6) is 0.874.